The van der Waals surface area contributed by atoms with E-state index in [9.17, 15) is 9.59 Å². The minimum Gasteiger partial charge on any atom is -0.336 e. The minimum atomic E-state index is -0.689. The molecule has 0 aliphatic carbocycles. The van der Waals surface area contributed by atoms with Crippen LogP contribution in [0.2, 0.25) is 10.0 Å². The predicted octanol–water partition coefficient (Wildman–Crippen LogP) is 2.85. The summed E-state index contributed by atoms with van der Waals surface area (Å²) in [7, 11) is 1.55. The fourth-order valence-corrected chi connectivity index (χ4v) is 2.15. The zero-order valence-electron chi connectivity index (χ0n) is 10.2. The van der Waals surface area contributed by atoms with Crippen molar-refractivity contribution in [2.75, 3.05) is 5.32 Å². The van der Waals surface area contributed by atoms with E-state index in [2.05, 4.69) is 5.32 Å². The van der Waals surface area contributed by atoms with Crippen molar-refractivity contribution < 1.29 is 9.32 Å². The number of aryl methyl sites for hydroxylation is 1. The van der Waals surface area contributed by atoms with Crippen molar-refractivity contribution in [3.8, 4) is 0 Å². The van der Waals surface area contributed by atoms with Gasteiger partial charge in [0, 0.05) is 22.8 Å². The quantitative estimate of drug-likeness (QED) is 0.927. The molecule has 0 fully saturated rings. The summed E-state index contributed by atoms with van der Waals surface area (Å²) in [6.45, 7) is 1.62. The number of amides is 1. The molecule has 0 saturated heterocycles. The molecule has 0 bridgehead atoms. The molecule has 1 amide bonds. The second-order valence-electron chi connectivity index (χ2n) is 3.95. The minimum absolute atomic E-state index is 0.0430. The van der Waals surface area contributed by atoms with Crippen LogP contribution in [0.1, 0.15) is 16.1 Å². The maximum absolute atomic E-state index is 12.0. The van der Waals surface area contributed by atoms with Crippen molar-refractivity contribution in [1.82, 2.24) is 4.74 Å². The molecule has 0 radical (unpaired) electrons. The number of anilines is 1. The molecule has 1 aromatic carbocycles. The highest BCUT2D eigenvalue weighted by atomic mass is 35.5. The summed E-state index contributed by atoms with van der Waals surface area (Å²) in [6, 6.07) is 4.61. The molecule has 0 spiro atoms. The summed E-state index contributed by atoms with van der Waals surface area (Å²) in [4.78, 5) is 23.5. The van der Waals surface area contributed by atoms with Gasteiger partial charge in [-0.2, -0.15) is 0 Å². The van der Waals surface area contributed by atoms with Crippen molar-refractivity contribution in [2.45, 2.75) is 6.92 Å². The molecule has 1 aromatic heterocycles. The van der Waals surface area contributed by atoms with Gasteiger partial charge in [-0.1, -0.05) is 23.2 Å². The van der Waals surface area contributed by atoms with Crippen LogP contribution in [-0.4, -0.2) is 10.6 Å². The average Bonchev–Trinajstić information content (AvgIpc) is 2.51. The monoisotopic (exact) mass is 300 g/mol. The first-order valence-electron chi connectivity index (χ1n) is 5.33. The summed E-state index contributed by atoms with van der Waals surface area (Å²) in [5, 5.41) is 3.33. The van der Waals surface area contributed by atoms with E-state index in [1.807, 2.05) is 0 Å². The van der Waals surface area contributed by atoms with Gasteiger partial charge in [0.15, 0.2) is 0 Å². The van der Waals surface area contributed by atoms with E-state index in [4.69, 9.17) is 27.7 Å². The Labute approximate surface area is 118 Å². The first-order chi connectivity index (χ1) is 8.88. The van der Waals surface area contributed by atoms with Crippen molar-refractivity contribution in [3.05, 3.63) is 49.9 Å². The van der Waals surface area contributed by atoms with E-state index in [1.54, 1.807) is 20.0 Å². The lowest BCUT2D eigenvalue weighted by atomic mass is 10.2. The first-order valence-corrected chi connectivity index (χ1v) is 6.08. The molecule has 7 heteroatoms. The molecule has 1 N–H and O–H groups in total. The molecule has 2 rings (SSSR count). The molecule has 0 aliphatic heterocycles. The summed E-state index contributed by atoms with van der Waals surface area (Å²) >= 11 is 11.7. The number of nitrogens with zero attached hydrogens (tertiary/aromatic N) is 1. The van der Waals surface area contributed by atoms with E-state index in [0.717, 1.165) is 0 Å². The van der Waals surface area contributed by atoms with E-state index in [1.165, 1.54) is 16.9 Å². The third-order valence-corrected chi connectivity index (χ3v) is 3.04. The van der Waals surface area contributed by atoms with Crippen LogP contribution in [-0.2, 0) is 7.05 Å². The Hall–Kier alpha value is -1.72. The lowest BCUT2D eigenvalue weighted by Gasteiger charge is -2.05. The van der Waals surface area contributed by atoms with Crippen molar-refractivity contribution in [3.63, 3.8) is 0 Å². The van der Waals surface area contributed by atoms with Crippen LogP contribution in [0.4, 0.5) is 5.69 Å². The fraction of sp³-hybridized carbons (Fsp3) is 0.167. The van der Waals surface area contributed by atoms with Gasteiger partial charge in [-0.15, -0.1) is 0 Å². The lowest BCUT2D eigenvalue weighted by molar-refractivity contribution is 0.102. The van der Waals surface area contributed by atoms with Crippen LogP contribution in [0.15, 0.2) is 27.5 Å². The molecular formula is C12H10Cl2N2O3. The second-order valence-corrected chi connectivity index (χ2v) is 4.82. The molecule has 100 valence electrons. The second kappa shape index (κ2) is 5.11. The Kier molecular flexibility index (Phi) is 3.68. The van der Waals surface area contributed by atoms with Crippen LogP contribution >= 0.6 is 23.2 Å². The van der Waals surface area contributed by atoms with E-state index in [-0.39, 0.29) is 5.56 Å². The van der Waals surface area contributed by atoms with Crippen molar-refractivity contribution >= 4 is 34.8 Å². The normalized spacial score (nSPS) is 10.5. The largest absolute Gasteiger partial charge is 0.370 e. The maximum Gasteiger partial charge on any atom is 0.370 e. The third-order valence-electron chi connectivity index (χ3n) is 2.61. The molecule has 2 aromatic rings. The number of aromatic nitrogens is 1. The predicted molar refractivity (Wildman–Crippen MR) is 73.1 cm³/mol. The van der Waals surface area contributed by atoms with Crippen LogP contribution in [0.5, 0.6) is 0 Å². The number of nitrogens with one attached hydrogen (secondary N) is 1. The topological polar surface area (TPSA) is 64.2 Å². The van der Waals surface area contributed by atoms with Crippen LogP contribution in [0.25, 0.3) is 0 Å². The van der Waals surface area contributed by atoms with Gasteiger partial charge in [0.25, 0.3) is 5.91 Å². The highest BCUT2D eigenvalue weighted by Gasteiger charge is 2.19. The SMILES string of the molecule is Cc1c(C(=O)Nc2cc(Cl)cc(Cl)c2)c(=O)on1C. The van der Waals surface area contributed by atoms with Crippen LogP contribution in [0.3, 0.4) is 0 Å². The zero-order chi connectivity index (χ0) is 14.2. The summed E-state index contributed by atoms with van der Waals surface area (Å²) in [6.07, 6.45) is 0. The Bertz CT molecular complexity index is 683. The highest BCUT2D eigenvalue weighted by molar-refractivity contribution is 6.35. The molecule has 0 atom stereocenters. The molecular weight excluding hydrogens is 291 g/mol. The Morgan fingerprint density at radius 2 is 1.84 bits per heavy atom. The molecule has 19 heavy (non-hydrogen) atoms. The van der Waals surface area contributed by atoms with Crippen LogP contribution in [0, 0.1) is 6.92 Å². The summed E-state index contributed by atoms with van der Waals surface area (Å²) < 4.78 is 6.04. The number of benzene rings is 1. The molecule has 1 heterocycles. The number of hydrogen-bond acceptors (Lipinski definition) is 3. The van der Waals surface area contributed by atoms with Gasteiger partial charge in [0.1, 0.15) is 5.56 Å². The van der Waals surface area contributed by atoms with E-state index >= 15 is 0 Å². The van der Waals surface area contributed by atoms with Gasteiger partial charge < -0.3 is 9.84 Å². The third kappa shape index (κ3) is 2.83. The Balaban J connectivity index is 2.33. The van der Waals surface area contributed by atoms with Crippen LogP contribution < -0.4 is 10.9 Å². The molecule has 0 saturated carbocycles. The smallest absolute Gasteiger partial charge is 0.336 e. The lowest BCUT2D eigenvalue weighted by Crippen LogP contribution is -2.19. The standard InChI is InChI=1S/C12H10Cl2N2O3/c1-6-10(12(18)19-16(6)2)11(17)15-9-4-7(13)3-8(14)5-9/h3-5H,1-2H3,(H,15,17). The number of carbonyl (C=O) groups is 1. The van der Waals surface area contributed by atoms with Gasteiger partial charge in [-0.05, 0) is 25.1 Å². The van der Waals surface area contributed by atoms with Gasteiger partial charge >= 0.3 is 5.63 Å². The van der Waals surface area contributed by atoms with Crippen molar-refractivity contribution in [2.24, 2.45) is 7.05 Å². The maximum atomic E-state index is 12.0. The number of halogens is 2. The van der Waals surface area contributed by atoms with Gasteiger partial charge in [0.05, 0.1) is 5.69 Å². The first kappa shape index (κ1) is 13.7. The van der Waals surface area contributed by atoms with Crippen molar-refractivity contribution in [1.29, 1.82) is 0 Å². The van der Waals surface area contributed by atoms with E-state index in [0.29, 0.717) is 21.4 Å². The highest BCUT2D eigenvalue weighted by Crippen LogP contribution is 2.22. The van der Waals surface area contributed by atoms with Gasteiger partial charge in [-0.25, -0.2) is 9.53 Å². The van der Waals surface area contributed by atoms with E-state index < -0.39 is 11.5 Å². The molecule has 0 unspecified atom stereocenters. The summed E-state index contributed by atoms with van der Waals surface area (Å²) in [5.41, 5.74) is 0.116. The Morgan fingerprint density at radius 1 is 1.26 bits per heavy atom. The number of carbonyl (C=O) groups excluding carboxylic acids is 1. The average molecular weight is 301 g/mol. The number of rotatable bonds is 2. The van der Waals surface area contributed by atoms with Gasteiger partial charge in [0.2, 0.25) is 0 Å². The molecule has 5 nitrogen and oxygen atoms in total. The number of hydrogen-bond donors (Lipinski definition) is 1. The Morgan fingerprint density at radius 3 is 2.32 bits per heavy atom. The summed E-state index contributed by atoms with van der Waals surface area (Å²) in [5.74, 6) is -0.565. The van der Waals surface area contributed by atoms with Gasteiger partial charge in [-0.3, -0.25) is 4.79 Å². The fourth-order valence-electron chi connectivity index (χ4n) is 1.62. The molecule has 0 aliphatic rings. The zero-order valence-corrected chi connectivity index (χ0v) is 11.7.